The number of Topliss-reactive ketones (excluding diaryl/α,β-unsaturated/α-hetero) is 1. The summed E-state index contributed by atoms with van der Waals surface area (Å²) in [6.07, 6.45) is -4.12. The number of ketones is 1. The molecule has 2 aromatic carbocycles. The molecule has 5 rings (SSSR count). The number of nitrogens with one attached hydrogen (secondary N) is 4. The molecule has 2 aromatic rings. The maximum Gasteiger partial charge on any atom is 0.248 e. The minimum atomic E-state index is -2.16. The average Bonchev–Trinajstić information content (AvgIpc) is 4.07. The fourth-order valence-corrected chi connectivity index (χ4v) is 11.7. The first-order valence-electron chi connectivity index (χ1n) is 27.9. The Morgan fingerprint density at radius 3 is 2.11 bits per heavy atom. The Hall–Kier alpha value is -5.24. The fraction of sp³-hybridized carbons (Fsp3) is 0.661. The summed E-state index contributed by atoms with van der Waals surface area (Å²) in [6.45, 7) is 4.72. The van der Waals surface area contributed by atoms with Crippen molar-refractivity contribution in [1.29, 1.82) is 0 Å². The molecule has 440 valence electrons. The molecule has 3 aliphatic heterocycles. The largest absolute Gasteiger partial charge is 0.508 e. The van der Waals surface area contributed by atoms with Crippen molar-refractivity contribution in [2.45, 2.75) is 194 Å². The molecule has 23 heteroatoms. The first kappa shape index (κ1) is 64.6. The number of phenolic OH excluding ortho intramolecular Hbond substituents is 1. The number of aliphatic hydroxyl groups is 7. The zero-order valence-corrected chi connectivity index (χ0v) is 46.4. The minimum absolute atomic E-state index is 0.00795. The normalized spacial score (nSPS) is 27.8. The van der Waals surface area contributed by atoms with Crippen LogP contribution < -0.4 is 27.0 Å². The molecule has 3 fully saturated rings. The molecule has 0 unspecified atom stereocenters. The van der Waals surface area contributed by atoms with Crippen molar-refractivity contribution in [2.75, 3.05) is 26.2 Å². The maximum absolute atomic E-state index is 14.7. The van der Waals surface area contributed by atoms with Gasteiger partial charge in [-0.25, -0.2) is 0 Å². The Bertz CT molecular complexity index is 2300. The van der Waals surface area contributed by atoms with E-state index in [1.165, 1.54) is 30.7 Å². The first-order chi connectivity index (χ1) is 37.7. The highest BCUT2D eigenvalue weighted by Crippen LogP contribution is 2.32. The van der Waals surface area contributed by atoms with Crippen LogP contribution in [0.5, 0.6) is 5.75 Å². The number of hydrogen-bond donors (Lipinski definition) is 13. The lowest BCUT2D eigenvalue weighted by atomic mass is 9.86. The summed E-state index contributed by atoms with van der Waals surface area (Å²) in [5, 5.41) is 98.5. The maximum atomic E-state index is 14.7. The van der Waals surface area contributed by atoms with E-state index in [1.807, 2.05) is 0 Å². The highest BCUT2D eigenvalue weighted by Gasteiger charge is 2.48. The highest BCUT2D eigenvalue weighted by molar-refractivity contribution is 8.00. The molecule has 0 spiro atoms. The Balaban J connectivity index is 1.50. The summed E-state index contributed by atoms with van der Waals surface area (Å²) in [5.41, 5.74) is 5.78. The number of nitrogens with zero attached hydrogens (tertiary/aromatic N) is 2. The van der Waals surface area contributed by atoms with Gasteiger partial charge in [0, 0.05) is 43.7 Å². The van der Waals surface area contributed by atoms with E-state index in [-0.39, 0.29) is 43.7 Å². The van der Waals surface area contributed by atoms with Gasteiger partial charge in [-0.1, -0.05) is 108 Å². The zero-order chi connectivity index (χ0) is 57.9. The van der Waals surface area contributed by atoms with E-state index in [0.29, 0.717) is 23.2 Å². The lowest BCUT2D eigenvalue weighted by Crippen LogP contribution is -2.61. The molecule has 0 bridgehead atoms. The number of thioether (sulfide) groups is 1. The second-order valence-electron chi connectivity index (χ2n) is 21.7. The molecular weight excluding hydrogens is 1040 g/mol. The van der Waals surface area contributed by atoms with Crippen LogP contribution in [-0.2, 0) is 33.6 Å². The topological polar surface area (TPSA) is 362 Å². The standard InChI is InChI=1S/C56H85N7O15S/c1-4-32(2)26-33(3)14-10-7-5-6-8-13-17-46(71)58-39-29-45(70)54(79-37-15-11-9-12-16-37)61-53(76)48-43(68)23-25-62(48)56(78)47(42(67)22-24-57)60-51(74)38(50(73)49(72)34-18-20-35(65)21-19-34)28-44(69)41-27-36(66)30-63(41)55(77)40(31-64)59-52(39)75/h9,11-12,15-16,18-21,32-33,36,38-43,45,47-50,54,64-68,70,72-73H,4-8,10,13-14,17,22-31,57H2,1-3H3,(H,58,71)(H,59,75)(H,60,74)(H,61,76)/t32-,33+,36+,38-,39-,40-,41-,42+,43-,45+,47-,48-,49-,50-,54+/m0/s1. The van der Waals surface area contributed by atoms with Crippen molar-refractivity contribution >= 4 is 53.0 Å². The Labute approximate surface area is 466 Å². The Kier molecular flexibility index (Phi) is 25.9. The third-order valence-corrected chi connectivity index (χ3v) is 16.6. The molecule has 3 saturated heterocycles. The van der Waals surface area contributed by atoms with Crippen molar-refractivity contribution < 1.29 is 74.4 Å². The molecule has 15 atom stereocenters. The molecule has 0 aromatic heterocycles. The third kappa shape index (κ3) is 18.7. The predicted octanol–water partition coefficient (Wildman–Crippen LogP) is 0.634. The van der Waals surface area contributed by atoms with Gasteiger partial charge >= 0.3 is 0 Å². The van der Waals surface area contributed by atoms with Gasteiger partial charge in [0.2, 0.25) is 35.4 Å². The van der Waals surface area contributed by atoms with E-state index in [2.05, 4.69) is 42.0 Å². The summed E-state index contributed by atoms with van der Waals surface area (Å²) >= 11 is 0.943. The number of unbranched alkanes of at least 4 members (excludes halogenated alkanes) is 5. The van der Waals surface area contributed by atoms with Gasteiger partial charge in [-0.3, -0.25) is 33.6 Å². The van der Waals surface area contributed by atoms with E-state index < -0.39 is 152 Å². The Morgan fingerprint density at radius 2 is 1.46 bits per heavy atom. The number of rotatable bonds is 22. The van der Waals surface area contributed by atoms with Crippen LogP contribution in [-0.4, -0.2) is 184 Å². The number of carbonyl (C=O) groups excluding carboxylic acids is 7. The lowest BCUT2D eigenvalue weighted by molar-refractivity contribution is -0.148. The smallest absolute Gasteiger partial charge is 0.248 e. The van der Waals surface area contributed by atoms with Crippen LogP contribution in [0.15, 0.2) is 59.5 Å². The number of phenols is 1. The van der Waals surface area contributed by atoms with Gasteiger partial charge in [0.15, 0.2) is 5.78 Å². The van der Waals surface area contributed by atoms with E-state index in [9.17, 15) is 74.4 Å². The number of nitrogens with two attached hydrogens (primary N) is 1. The molecule has 79 heavy (non-hydrogen) atoms. The van der Waals surface area contributed by atoms with Crippen molar-refractivity contribution in [3.05, 3.63) is 60.2 Å². The van der Waals surface area contributed by atoms with E-state index in [1.54, 1.807) is 30.3 Å². The SMILES string of the molecule is CC[C@H](C)C[C@H](C)CCCCCCCCC(=O)N[C@H]1C[C@@H](O)[C@@H](Sc2ccccc2)NC(=O)[C@@H]2[C@@H](O)CCN2C(=O)[C@H]([C@H](O)CCN)NC(=O)[C@H]([C@H](O)[C@@H](O)c2ccc(O)cc2)CC(=O)[C@@H]2C[C@@H](O)CN2C(=O)[C@H](CO)NC1=O. The molecule has 0 aliphatic carbocycles. The van der Waals surface area contributed by atoms with Crippen LogP contribution >= 0.6 is 11.8 Å². The number of benzene rings is 2. The van der Waals surface area contributed by atoms with E-state index in [0.717, 1.165) is 66.5 Å². The fourth-order valence-electron chi connectivity index (χ4n) is 10.7. The summed E-state index contributed by atoms with van der Waals surface area (Å²) in [7, 11) is 0. The van der Waals surface area contributed by atoms with Crippen LogP contribution in [0.1, 0.15) is 129 Å². The third-order valence-electron chi connectivity index (χ3n) is 15.4. The van der Waals surface area contributed by atoms with Gasteiger partial charge < -0.3 is 77.7 Å². The highest BCUT2D eigenvalue weighted by atomic mass is 32.2. The van der Waals surface area contributed by atoms with E-state index in [4.69, 9.17) is 5.73 Å². The van der Waals surface area contributed by atoms with Crippen LogP contribution in [0, 0.1) is 17.8 Å². The minimum Gasteiger partial charge on any atom is -0.508 e. The van der Waals surface area contributed by atoms with Crippen molar-refractivity contribution in [3.8, 4) is 5.75 Å². The quantitative estimate of drug-likeness (QED) is 0.0719. The first-order valence-corrected chi connectivity index (χ1v) is 28.8. The van der Waals surface area contributed by atoms with Crippen LogP contribution in [0.4, 0.5) is 0 Å². The van der Waals surface area contributed by atoms with E-state index >= 15 is 0 Å². The summed E-state index contributed by atoms with van der Waals surface area (Å²) < 4.78 is 0. The van der Waals surface area contributed by atoms with Crippen LogP contribution in [0.2, 0.25) is 0 Å². The molecule has 22 nitrogen and oxygen atoms in total. The van der Waals surface area contributed by atoms with Crippen molar-refractivity contribution in [3.63, 3.8) is 0 Å². The van der Waals surface area contributed by atoms with Gasteiger partial charge in [-0.15, -0.1) is 0 Å². The zero-order valence-electron chi connectivity index (χ0n) is 45.6. The Morgan fingerprint density at radius 1 is 0.785 bits per heavy atom. The summed E-state index contributed by atoms with van der Waals surface area (Å²) in [4.78, 5) is 103. The second kappa shape index (κ2) is 31.7. The predicted molar refractivity (Wildman–Crippen MR) is 292 cm³/mol. The van der Waals surface area contributed by atoms with Gasteiger partial charge in [-0.2, -0.15) is 0 Å². The molecule has 6 amide bonds. The monoisotopic (exact) mass is 1130 g/mol. The molecule has 0 saturated carbocycles. The van der Waals surface area contributed by atoms with Gasteiger partial charge in [0.05, 0.1) is 49.1 Å². The number of carbonyl (C=O) groups is 7. The number of aliphatic hydroxyl groups excluding tert-OH is 7. The van der Waals surface area contributed by atoms with Crippen LogP contribution in [0.25, 0.3) is 0 Å². The molecule has 14 N–H and O–H groups in total. The average molecular weight is 1130 g/mol. The molecular formula is C56H85N7O15S. The van der Waals surface area contributed by atoms with Crippen molar-refractivity contribution in [2.24, 2.45) is 23.5 Å². The van der Waals surface area contributed by atoms with Gasteiger partial charge in [0.1, 0.15) is 41.4 Å². The number of hydrogen-bond acceptors (Lipinski definition) is 17. The lowest BCUT2D eigenvalue weighted by Gasteiger charge is -2.34. The number of aromatic hydroxyl groups is 1. The van der Waals surface area contributed by atoms with Crippen molar-refractivity contribution in [1.82, 2.24) is 31.1 Å². The molecule has 3 aliphatic rings. The molecule has 3 heterocycles. The summed E-state index contributed by atoms with van der Waals surface area (Å²) in [5.74, 6) is -7.79. The second-order valence-corrected chi connectivity index (χ2v) is 22.9. The van der Waals surface area contributed by atoms with Gasteiger partial charge in [-0.05, 0) is 73.9 Å². The van der Waals surface area contributed by atoms with Crippen LogP contribution in [0.3, 0.4) is 0 Å². The number of fused-ring (bicyclic) bond motifs is 2. The number of amides is 6. The summed E-state index contributed by atoms with van der Waals surface area (Å²) in [6, 6.07) is 4.72. The van der Waals surface area contributed by atoms with Gasteiger partial charge in [0.25, 0.3) is 0 Å². The molecule has 0 radical (unpaired) electrons.